The van der Waals surface area contributed by atoms with Crippen molar-refractivity contribution in [2.75, 3.05) is 13.2 Å². The molecule has 1 aliphatic rings. The van der Waals surface area contributed by atoms with E-state index in [1.165, 1.54) is 12.1 Å². The van der Waals surface area contributed by atoms with Crippen molar-refractivity contribution in [1.82, 2.24) is 0 Å². The summed E-state index contributed by atoms with van der Waals surface area (Å²) in [7, 11) is -0.569. The first-order chi connectivity index (χ1) is 8.28. The molecule has 1 aliphatic heterocycles. The lowest BCUT2D eigenvalue weighted by Crippen LogP contribution is -2.47. The lowest BCUT2D eigenvalue weighted by atomic mass is 9.76. The lowest BCUT2D eigenvalue weighted by Gasteiger charge is -2.33. The molecule has 18 heavy (non-hydrogen) atoms. The first-order valence-corrected chi connectivity index (χ1v) is 5.68. The Kier molecular flexibility index (Phi) is 3.42. The number of hydrogen-bond donors (Lipinski definition) is 0. The molecule has 0 N–H and O–H groups in total. The van der Waals surface area contributed by atoms with E-state index in [2.05, 4.69) is 0 Å². The Morgan fingerprint density at radius 2 is 1.56 bits per heavy atom. The Balaban J connectivity index is 2.07. The van der Waals surface area contributed by atoms with Gasteiger partial charge < -0.3 is 9.31 Å². The van der Waals surface area contributed by atoms with Crippen LogP contribution in [0.5, 0.6) is 0 Å². The summed E-state index contributed by atoms with van der Waals surface area (Å²) in [5.74, 6) is 0. The largest absolute Gasteiger partial charge is 0.493 e. The Hall–Kier alpha value is -1.01. The van der Waals surface area contributed by atoms with Crippen molar-refractivity contribution in [3.05, 3.63) is 29.8 Å². The Bertz CT molecular complexity index is 404. The van der Waals surface area contributed by atoms with Gasteiger partial charge in [-0.1, -0.05) is 38.1 Å². The van der Waals surface area contributed by atoms with E-state index < -0.39 is 18.9 Å². The SMILES string of the molecule is CC1(C)COB(c2ccc(C(F)(F)F)cc2)OC1. The molecule has 6 heteroatoms. The molecule has 0 atom stereocenters. The molecule has 0 unspecified atom stereocenters. The fourth-order valence-electron chi connectivity index (χ4n) is 1.71. The Morgan fingerprint density at radius 1 is 1.06 bits per heavy atom. The average molecular weight is 258 g/mol. The molecule has 0 aromatic heterocycles. The smallest absolute Gasteiger partial charge is 0.407 e. The van der Waals surface area contributed by atoms with Gasteiger partial charge >= 0.3 is 13.3 Å². The molecule has 0 saturated carbocycles. The molecule has 2 rings (SSSR count). The van der Waals surface area contributed by atoms with Crippen molar-refractivity contribution < 1.29 is 22.5 Å². The molecule has 1 fully saturated rings. The molecule has 1 saturated heterocycles. The predicted octanol–water partition coefficient (Wildman–Crippen LogP) is 2.47. The molecule has 1 heterocycles. The minimum Gasteiger partial charge on any atom is -0.407 e. The highest BCUT2D eigenvalue weighted by molar-refractivity contribution is 6.61. The second-order valence-electron chi connectivity index (χ2n) is 5.24. The van der Waals surface area contributed by atoms with Crippen LogP contribution in [0.2, 0.25) is 0 Å². The van der Waals surface area contributed by atoms with Crippen molar-refractivity contribution >= 4 is 12.6 Å². The fourth-order valence-corrected chi connectivity index (χ4v) is 1.71. The number of hydrogen-bond acceptors (Lipinski definition) is 2. The molecular formula is C12H14BF3O2. The number of benzene rings is 1. The first-order valence-electron chi connectivity index (χ1n) is 5.68. The zero-order chi connectivity index (χ0) is 13.4. The van der Waals surface area contributed by atoms with Crippen molar-refractivity contribution in [2.24, 2.45) is 5.41 Å². The van der Waals surface area contributed by atoms with E-state index in [1.807, 2.05) is 13.8 Å². The predicted molar refractivity (Wildman–Crippen MR) is 62.5 cm³/mol. The summed E-state index contributed by atoms with van der Waals surface area (Å²) in [6.45, 7) is 5.07. The van der Waals surface area contributed by atoms with Gasteiger partial charge in [-0.15, -0.1) is 0 Å². The maximum absolute atomic E-state index is 12.4. The monoisotopic (exact) mass is 258 g/mol. The molecule has 0 bridgehead atoms. The van der Waals surface area contributed by atoms with Gasteiger partial charge in [-0.2, -0.15) is 13.2 Å². The zero-order valence-corrected chi connectivity index (χ0v) is 10.3. The van der Waals surface area contributed by atoms with Crippen molar-refractivity contribution in [3.8, 4) is 0 Å². The average Bonchev–Trinajstić information content (AvgIpc) is 2.28. The summed E-state index contributed by atoms with van der Waals surface area (Å²) in [5.41, 5.74) is -0.108. The van der Waals surface area contributed by atoms with Crippen LogP contribution in [-0.4, -0.2) is 20.3 Å². The summed E-state index contributed by atoms with van der Waals surface area (Å²) in [4.78, 5) is 0. The molecule has 98 valence electrons. The van der Waals surface area contributed by atoms with Gasteiger partial charge in [-0.25, -0.2) is 0 Å². The van der Waals surface area contributed by atoms with Gasteiger partial charge in [0.25, 0.3) is 0 Å². The highest BCUT2D eigenvalue weighted by atomic mass is 19.4. The van der Waals surface area contributed by atoms with Crippen LogP contribution in [-0.2, 0) is 15.5 Å². The van der Waals surface area contributed by atoms with Gasteiger partial charge in [0.2, 0.25) is 0 Å². The third-order valence-corrected chi connectivity index (χ3v) is 2.76. The number of halogens is 3. The zero-order valence-electron chi connectivity index (χ0n) is 10.3. The molecule has 0 amide bonds. The highest BCUT2D eigenvalue weighted by Crippen LogP contribution is 2.28. The maximum atomic E-state index is 12.4. The third-order valence-electron chi connectivity index (χ3n) is 2.76. The number of rotatable bonds is 1. The van der Waals surface area contributed by atoms with E-state index >= 15 is 0 Å². The summed E-state index contributed by atoms with van der Waals surface area (Å²) < 4.78 is 48.2. The van der Waals surface area contributed by atoms with Crippen molar-refractivity contribution in [1.29, 1.82) is 0 Å². The van der Waals surface area contributed by atoms with Crippen LogP contribution >= 0.6 is 0 Å². The van der Waals surface area contributed by atoms with E-state index in [1.54, 1.807) is 0 Å². The van der Waals surface area contributed by atoms with Crippen LogP contribution in [0, 0.1) is 5.41 Å². The second kappa shape index (κ2) is 4.59. The number of alkyl halides is 3. The normalized spacial score (nSPS) is 19.9. The van der Waals surface area contributed by atoms with Gasteiger partial charge in [0.15, 0.2) is 0 Å². The van der Waals surface area contributed by atoms with E-state index in [-0.39, 0.29) is 5.41 Å². The van der Waals surface area contributed by atoms with E-state index in [0.29, 0.717) is 18.7 Å². The van der Waals surface area contributed by atoms with Gasteiger partial charge in [-0.3, -0.25) is 0 Å². The van der Waals surface area contributed by atoms with E-state index in [4.69, 9.17) is 9.31 Å². The van der Waals surface area contributed by atoms with E-state index in [9.17, 15) is 13.2 Å². The summed E-state index contributed by atoms with van der Waals surface area (Å²) in [6, 6.07) is 4.88. The molecule has 0 aliphatic carbocycles. The topological polar surface area (TPSA) is 18.5 Å². The Labute approximate surface area is 104 Å². The molecule has 2 nitrogen and oxygen atoms in total. The maximum Gasteiger partial charge on any atom is 0.493 e. The van der Waals surface area contributed by atoms with Crippen LogP contribution < -0.4 is 5.46 Å². The molecule has 1 aromatic carbocycles. The fraction of sp³-hybridized carbons (Fsp3) is 0.500. The van der Waals surface area contributed by atoms with Crippen LogP contribution in [0.25, 0.3) is 0 Å². The van der Waals surface area contributed by atoms with Gasteiger partial charge in [0, 0.05) is 18.6 Å². The van der Waals surface area contributed by atoms with E-state index in [0.717, 1.165) is 12.1 Å². The van der Waals surface area contributed by atoms with Crippen LogP contribution in [0.15, 0.2) is 24.3 Å². The third kappa shape index (κ3) is 3.06. The lowest BCUT2D eigenvalue weighted by molar-refractivity contribution is -0.137. The second-order valence-corrected chi connectivity index (χ2v) is 5.24. The summed E-state index contributed by atoms with van der Waals surface area (Å²) in [5, 5.41) is 0. The molecule has 0 radical (unpaired) electrons. The highest BCUT2D eigenvalue weighted by Gasteiger charge is 2.34. The molecule has 0 spiro atoms. The minimum atomic E-state index is -4.31. The molecule has 1 aromatic rings. The molecular weight excluding hydrogens is 244 g/mol. The van der Waals surface area contributed by atoms with Crippen molar-refractivity contribution in [3.63, 3.8) is 0 Å². The first kappa shape index (κ1) is 13.4. The Morgan fingerprint density at radius 3 is 2.00 bits per heavy atom. The van der Waals surface area contributed by atoms with Gasteiger partial charge in [0.1, 0.15) is 0 Å². The van der Waals surface area contributed by atoms with Gasteiger partial charge in [-0.05, 0) is 5.46 Å². The van der Waals surface area contributed by atoms with Crippen LogP contribution in [0.4, 0.5) is 13.2 Å². The van der Waals surface area contributed by atoms with Crippen LogP contribution in [0.1, 0.15) is 19.4 Å². The summed E-state index contributed by atoms with van der Waals surface area (Å²) >= 11 is 0. The van der Waals surface area contributed by atoms with Crippen LogP contribution in [0.3, 0.4) is 0 Å². The van der Waals surface area contributed by atoms with Gasteiger partial charge in [0.05, 0.1) is 5.56 Å². The summed E-state index contributed by atoms with van der Waals surface area (Å²) in [6.07, 6.45) is -4.31. The van der Waals surface area contributed by atoms with Crippen molar-refractivity contribution in [2.45, 2.75) is 20.0 Å². The quantitative estimate of drug-likeness (QED) is 0.720. The standard InChI is InChI=1S/C12H14BF3O2/c1-11(2)7-17-13(18-8-11)10-5-3-9(4-6-10)12(14,15)16/h3-6H,7-8H2,1-2H3. The minimum absolute atomic E-state index is 0.0532.